The molecule has 0 spiro atoms. The molecule has 0 saturated carbocycles. The highest BCUT2D eigenvalue weighted by molar-refractivity contribution is 7.06. The zero-order valence-corrected chi connectivity index (χ0v) is 11.5. The number of nitrogens with zero attached hydrogens (tertiary/aromatic N) is 1. The Kier molecular flexibility index (Phi) is 3.04. The zero-order chi connectivity index (χ0) is 12.6. The van der Waals surface area contributed by atoms with Crippen molar-refractivity contribution in [3.63, 3.8) is 0 Å². The average molecular weight is 247 g/mol. The van der Waals surface area contributed by atoms with Gasteiger partial charge < -0.3 is 0 Å². The maximum Gasteiger partial charge on any atom is 0.167 e. The molecule has 0 unspecified atom stereocenters. The maximum absolute atomic E-state index is 12.1. The Morgan fingerprint density at radius 3 is 2.65 bits per heavy atom. The van der Waals surface area contributed by atoms with E-state index in [1.54, 1.807) is 0 Å². The van der Waals surface area contributed by atoms with Gasteiger partial charge in [-0.25, -0.2) is 4.37 Å². The van der Waals surface area contributed by atoms with Crippen LogP contribution in [0.4, 0.5) is 0 Å². The van der Waals surface area contributed by atoms with Gasteiger partial charge in [-0.15, -0.1) is 0 Å². The molecule has 1 heterocycles. The molecule has 0 bridgehead atoms. The molecular formula is C14H17NOS. The van der Waals surface area contributed by atoms with E-state index in [-0.39, 0.29) is 11.2 Å². The van der Waals surface area contributed by atoms with E-state index in [4.69, 9.17) is 0 Å². The second kappa shape index (κ2) is 4.22. The van der Waals surface area contributed by atoms with Crippen molar-refractivity contribution in [2.24, 2.45) is 0 Å². The van der Waals surface area contributed by atoms with Crippen LogP contribution < -0.4 is 0 Å². The fourth-order valence-corrected chi connectivity index (χ4v) is 2.86. The molecule has 0 fully saturated rings. The molecule has 0 radical (unpaired) electrons. The fourth-order valence-electron chi connectivity index (χ4n) is 2.07. The van der Waals surface area contributed by atoms with Gasteiger partial charge in [-0.3, -0.25) is 4.79 Å². The van der Waals surface area contributed by atoms with Gasteiger partial charge in [0.1, 0.15) is 0 Å². The van der Waals surface area contributed by atoms with Gasteiger partial charge in [0.25, 0.3) is 0 Å². The van der Waals surface area contributed by atoms with Crippen molar-refractivity contribution in [1.29, 1.82) is 0 Å². The summed E-state index contributed by atoms with van der Waals surface area (Å²) in [7, 11) is 0. The first-order chi connectivity index (χ1) is 7.91. The van der Waals surface area contributed by atoms with Gasteiger partial charge in [0, 0.05) is 28.6 Å². The van der Waals surface area contributed by atoms with Crippen LogP contribution in [0.2, 0.25) is 0 Å². The fraction of sp³-hybridized carbons (Fsp3) is 0.429. The molecule has 1 aromatic rings. The van der Waals surface area contributed by atoms with Gasteiger partial charge in [0.15, 0.2) is 5.78 Å². The Balaban J connectivity index is 2.59. The number of rotatable bonds is 1. The first-order valence-corrected chi connectivity index (χ1v) is 6.54. The van der Waals surface area contributed by atoms with Crippen molar-refractivity contribution in [2.75, 3.05) is 0 Å². The molecule has 2 rings (SSSR count). The summed E-state index contributed by atoms with van der Waals surface area (Å²) in [5.41, 5.74) is 2.96. The molecule has 2 nitrogen and oxygen atoms in total. The van der Waals surface area contributed by atoms with Crippen molar-refractivity contribution in [1.82, 2.24) is 4.37 Å². The van der Waals surface area contributed by atoms with Crippen LogP contribution in [-0.2, 0) is 10.2 Å². The van der Waals surface area contributed by atoms with Crippen molar-refractivity contribution in [3.05, 3.63) is 34.4 Å². The highest BCUT2D eigenvalue weighted by Crippen LogP contribution is 2.36. The first-order valence-electron chi connectivity index (χ1n) is 5.77. The van der Waals surface area contributed by atoms with Gasteiger partial charge >= 0.3 is 0 Å². The van der Waals surface area contributed by atoms with Gasteiger partial charge in [0.05, 0.1) is 0 Å². The van der Waals surface area contributed by atoms with E-state index in [0.29, 0.717) is 6.42 Å². The molecule has 17 heavy (non-hydrogen) atoms. The number of allylic oxidation sites excluding steroid dienone is 4. The van der Waals surface area contributed by atoms with Gasteiger partial charge in [-0.2, -0.15) is 0 Å². The second-order valence-electron chi connectivity index (χ2n) is 5.41. The Morgan fingerprint density at radius 2 is 2.06 bits per heavy atom. The molecule has 0 N–H and O–H groups in total. The van der Waals surface area contributed by atoms with Gasteiger partial charge in [-0.1, -0.05) is 32.9 Å². The molecule has 0 atom stereocenters. The van der Waals surface area contributed by atoms with Crippen LogP contribution in [0.1, 0.15) is 44.6 Å². The van der Waals surface area contributed by atoms with Crippen LogP contribution in [-0.4, -0.2) is 10.2 Å². The van der Waals surface area contributed by atoms with Crippen LogP contribution in [0.3, 0.4) is 0 Å². The standard InChI is InChI=1S/C14H17NOS/c1-9-6-5-7-11(16)12(9)10-8-15-17-13(10)14(2,3)4/h5-6,8H,7H2,1-4H3. The Bertz CT molecular complexity index is 515. The molecular weight excluding hydrogens is 230 g/mol. The first kappa shape index (κ1) is 12.2. The van der Waals surface area contributed by atoms with Crippen molar-refractivity contribution in [3.8, 4) is 0 Å². The lowest BCUT2D eigenvalue weighted by Gasteiger charge is -2.20. The lowest BCUT2D eigenvalue weighted by molar-refractivity contribution is -0.113. The lowest BCUT2D eigenvalue weighted by atomic mass is 9.85. The largest absolute Gasteiger partial charge is 0.294 e. The minimum Gasteiger partial charge on any atom is -0.294 e. The van der Waals surface area contributed by atoms with Crippen molar-refractivity contribution < 1.29 is 4.79 Å². The third-order valence-electron chi connectivity index (χ3n) is 2.87. The third-order valence-corrected chi connectivity index (χ3v) is 4.09. The minimum absolute atomic E-state index is 0.0330. The lowest BCUT2D eigenvalue weighted by Crippen LogP contribution is -2.14. The van der Waals surface area contributed by atoms with Crippen LogP contribution in [0.5, 0.6) is 0 Å². The van der Waals surface area contributed by atoms with Crippen molar-refractivity contribution >= 4 is 22.9 Å². The molecule has 0 amide bonds. The van der Waals surface area contributed by atoms with Gasteiger partial charge in [0.2, 0.25) is 0 Å². The monoisotopic (exact) mass is 247 g/mol. The van der Waals surface area contributed by atoms with E-state index in [0.717, 1.165) is 16.7 Å². The molecule has 90 valence electrons. The topological polar surface area (TPSA) is 30.0 Å². The van der Waals surface area contributed by atoms with E-state index in [9.17, 15) is 4.79 Å². The number of carbonyl (C=O) groups excluding carboxylic acids is 1. The number of hydrogen-bond donors (Lipinski definition) is 0. The summed E-state index contributed by atoms with van der Waals surface area (Å²) in [5, 5.41) is 0. The van der Waals surface area contributed by atoms with E-state index < -0.39 is 0 Å². The summed E-state index contributed by atoms with van der Waals surface area (Å²) in [4.78, 5) is 13.2. The summed E-state index contributed by atoms with van der Waals surface area (Å²) in [5.74, 6) is 0.204. The number of Topliss-reactive ketones (excluding diaryl/α,β-unsaturated/α-hetero) is 1. The summed E-state index contributed by atoms with van der Waals surface area (Å²) >= 11 is 1.49. The van der Waals surface area contributed by atoms with E-state index >= 15 is 0 Å². The molecule has 0 aromatic carbocycles. The highest BCUT2D eigenvalue weighted by Gasteiger charge is 2.26. The van der Waals surface area contributed by atoms with Crippen LogP contribution in [0, 0.1) is 0 Å². The third kappa shape index (κ3) is 2.25. The SMILES string of the molecule is CC1=C(c2cnsc2C(C)(C)C)C(=O)CC=C1. The van der Waals surface area contributed by atoms with Crippen LogP contribution in [0.25, 0.3) is 5.57 Å². The average Bonchev–Trinajstić information content (AvgIpc) is 2.65. The second-order valence-corrected chi connectivity index (χ2v) is 6.21. The summed E-state index contributed by atoms with van der Waals surface area (Å²) in [6.07, 6.45) is 6.30. The molecule has 3 heteroatoms. The van der Waals surface area contributed by atoms with E-state index in [1.807, 2.05) is 25.3 Å². The molecule has 0 saturated heterocycles. The summed E-state index contributed by atoms with van der Waals surface area (Å²) < 4.78 is 4.26. The minimum atomic E-state index is 0.0330. The quantitative estimate of drug-likeness (QED) is 0.756. The predicted molar refractivity (Wildman–Crippen MR) is 72.2 cm³/mol. The zero-order valence-electron chi connectivity index (χ0n) is 10.7. The number of carbonyl (C=O) groups is 1. The Labute approximate surface area is 106 Å². The van der Waals surface area contributed by atoms with Crippen LogP contribution >= 0.6 is 11.5 Å². The Hall–Kier alpha value is -1.22. The smallest absolute Gasteiger partial charge is 0.167 e. The van der Waals surface area contributed by atoms with E-state index in [1.165, 1.54) is 16.4 Å². The summed E-state index contributed by atoms with van der Waals surface area (Å²) in [6, 6.07) is 0. The van der Waals surface area contributed by atoms with Crippen LogP contribution in [0.15, 0.2) is 23.9 Å². The Morgan fingerprint density at radius 1 is 1.35 bits per heavy atom. The van der Waals surface area contributed by atoms with Crippen molar-refractivity contribution in [2.45, 2.75) is 39.5 Å². The predicted octanol–water partition coefficient (Wildman–Crippen LogP) is 3.74. The molecule has 1 aliphatic rings. The molecule has 1 aromatic heterocycles. The highest BCUT2D eigenvalue weighted by atomic mass is 32.1. The molecule has 0 aliphatic heterocycles. The van der Waals surface area contributed by atoms with E-state index in [2.05, 4.69) is 25.1 Å². The summed E-state index contributed by atoms with van der Waals surface area (Å²) in [6.45, 7) is 8.46. The molecule has 1 aliphatic carbocycles. The number of aromatic nitrogens is 1. The maximum atomic E-state index is 12.1. The van der Waals surface area contributed by atoms with Gasteiger partial charge in [-0.05, 0) is 29.4 Å². The normalized spacial score (nSPS) is 16.8. The number of ketones is 1. The number of hydrogen-bond acceptors (Lipinski definition) is 3.